The average Bonchev–Trinajstić information content (AvgIpc) is 2.60. The van der Waals surface area contributed by atoms with E-state index in [4.69, 9.17) is 4.84 Å². The van der Waals surface area contributed by atoms with Gasteiger partial charge in [0.15, 0.2) is 0 Å². The number of nitrogens with zero attached hydrogens (tertiary/aromatic N) is 1. The molecule has 0 N–H and O–H groups in total. The molecule has 1 atom stereocenters. The molecule has 104 valence electrons. The summed E-state index contributed by atoms with van der Waals surface area (Å²) in [5.74, 6) is 0.816. The Morgan fingerprint density at radius 2 is 1.44 bits per heavy atom. The Kier molecular flexibility index (Phi) is 3.44. The van der Waals surface area contributed by atoms with Crippen molar-refractivity contribution in [1.82, 2.24) is 5.06 Å². The van der Waals surface area contributed by atoms with Crippen LogP contribution in [0, 0.1) is 5.92 Å². The van der Waals surface area contributed by atoms with E-state index in [-0.39, 0.29) is 0 Å². The summed E-state index contributed by atoms with van der Waals surface area (Å²) in [5.41, 5.74) is 0.772. The van der Waals surface area contributed by atoms with Gasteiger partial charge in [0.25, 0.3) is 0 Å². The summed E-state index contributed by atoms with van der Waals surface area (Å²) in [6.45, 7) is 2.49. The van der Waals surface area contributed by atoms with Crippen molar-refractivity contribution in [2.75, 3.05) is 7.11 Å². The van der Waals surface area contributed by atoms with Crippen molar-refractivity contribution in [3.05, 3.63) is 0 Å². The largest absolute Gasteiger partial charge is 0.301 e. The van der Waals surface area contributed by atoms with Gasteiger partial charge in [-0.25, -0.2) is 0 Å². The van der Waals surface area contributed by atoms with E-state index < -0.39 is 0 Å². The summed E-state index contributed by atoms with van der Waals surface area (Å²) in [7, 11) is 1.92. The van der Waals surface area contributed by atoms with Gasteiger partial charge in [0.05, 0.1) is 7.11 Å². The van der Waals surface area contributed by atoms with Crippen molar-refractivity contribution < 1.29 is 4.84 Å². The molecule has 2 saturated carbocycles. The highest BCUT2D eigenvalue weighted by Gasteiger charge is 2.59. The molecular formula is C16H29NO. The Hall–Kier alpha value is -0.0800. The molecule has 0 aromatic carbocycles. The first-order valence-corrected chi connectivity index (χ1v) is 8.08. The predicted octanol–water partition coefficient (Wildman–Crippen LogP) is 4.30. The SMILES string of the molecule is CON1C2(CCCCC2)CC(C)C12CCCCC2. The fourth-order valence-corrected chi connectivity index (χ4v) is 5.37. The van der Waals surface area contributed by atoms with Crippen LogP contribution >= 0.6 is 0 Å². The first-order chi connectivity index (χ1) is 8.73. The third kappa shape index (κ3) is 1.76. The number of hydroxylamine groups is 2. The summed E-state index contributed by atoms with van der Waals surface area (Å²) < 4.78 is 0. The van der Waals surface area contributed by atoms with Crippen LogP contribution in [0.25, 0.3) is 0 Å². The van der Waals surface area contributed by atoms with Crippen LogP contribution in [0.4, 0.5) is 0 Å². The van der Waals surface area contributed by atoms with Crippen LogP contribution in [0.2, 0.25) is 0 Å². The molecule has 3 fully saturated rings. The van der Waals surface area contributed by atoms with Crippen LogP contribution in [0.5, 0.6) is 0 Å². The second kappa shape index (κ2) is 4.79. The van der Waals surface area contributed by atoms with Gasteiger partial charge in [-0.15, -0.1) is 0 Å². The van der Waals surface area contributed by atoms with E-state index in [1.807, 2.05) is 7.11 Å². The van der Waals surface area contributed by atoms with Gasteiger partial charge in [0.2, 0.25) is 0 Å². The van der Waals surface area contributed by atoms with Crippen LogP contribution in [0.3, 0.4) is 0 Å². The lowest BCUT2D eigenvalue weighted by molar-refractivity contribution is -0.253. The van der Waals surface area contributed by atoms with Gasteiger partial charge < -0.3 is 4.84 Å². The quantitative estimate of drug-likeness (QED) is 0.689. The monoisotopic (exact) mass is 251 g/mol. The van der Waals surface area contributed by atoms with E-state index in [0.717, 1.165) is 5.92 Å². The molecule has 0 amide bonds. The second-order valence-electron chi connectivity index (χ2n) is 7.03. The zero-order valence-electron chi connectivity index (χ0n) is 12.2. The topological polar surface area (TPSA) is 12.5 Å². The first kappa shape index (κ1) is 12.9. The fourth-order valence-electron chi connectivity index (χ4n) is 5.37. The molecule has 2 heteroatoms. The van der Waals surface area contributed by atoms with Gasteiger partial charge in [0, 0.05) is 11.1 Å². The van der Waals surface area contributed by atoms with Gasteiger partial charge in [-0.1, -0.05) is 45.4 Å². The highest BCUT2D eigenvalue weighted by atomic mass is 16.7. The number of hydrogen-bond acceptors (Lipinski definition) is 2. The third-order valence-corrected chi connectivity index (χ3v) is 6.12. The predicted molar refractivity (Wildman–Crippen MR) is 74.3 cm³/mol. The molecule has 1 aliphatic heterocycles. The van der Waals surface area contributed by atoms with Gasteiger partial charge >= 0.3 is 0 Å². The Labute approximate surface area is 112 Å². The number of hydrogen-bond donors (Lipinski definition) is 0. The van der Waals surface area contributed by atoms with Crippen molar-refractivity contribution in [3.63, 3.8) is 0 Å². The van der Waals surface area contributed by atoms with Crippen LogP contribution in [-0.4, -0.2) is 23.3 Å². The molecule has 2 nitrogen and oxygen atoms in total. The Morgan fingerprint density at radius 1 is 0.889 bits per heavy atom. The molecule has 1 heterocycles. The molecule has 0 bridgehead atoms. The molecule has 0 radical (unpaired) electrons. The van der Waals surface area contributed by atoms with Crippen LogP contribution in [0.1, 0.15) is 77.6 Å². The summed E-state index contributed by atoms with van der Waals surface area (Å²) in [6.07, 6.45) is 15.3. The lowest BCUT2D eigenvalue weighted by Gasteiger charge is -2.49. The van der Waals surface area contributed by atoms with Crippen LogP contribution < -0.4 is 0 Å². The van der Waals surface area contributed by atoms with Crippen molar-refractivity contribution in [1.29, 1.82) is 0 Å². The van der Waals surface area contributed by atoms with E-state index >= 15 is 0 Å². The van der Waals surface area contributed by atoms with Crippen LogP contribution in [0.15, 0.2) is 0 Å². The molecule has 1 unspecified atom stereocenters. The molecule has 0 aromatic heterocycles. The molecule has 3 aliphatic rings. The van der Waals surface area contributed by atoms with Crippen molar-refractivity contribution >= 4 is 0 Å². The van der Waals surface area contributed by atoms with Gasteiger partial charge in [-0.05, 0) is 38.0 Å². The minimum absolute atomic E-state index is 0.379. The van der Waals surface area contributed by atoms with Gasteiger partial charge in [-0.2, -0.15) is 5.06 Å². The van der Waals surface area contributed by atoms with E-state index in [1.165, 1.54) is 70.6 Å². The maximum absolute atomic E-state index is 6.00. The standard InChI is InChI=1S/C16H29NO/c1-14-13-15(9-5-3-6-10-15)17(18-2)16(14)11-7-4-8-12-16/h14H,3-13H2,1-2H3. The lowest BCUT2D eigenvalue weighted by atomic mass is 9.74. The van der Waals surface area contributed by atoms with Gasteiger partial charge in [0.1, 0.15) is 0 Å². The maximum atomic E-state index is 6.00. The van der Waals surface area contributed by atoms with Gasteiger partial charge in [-0.3, -0.25) is 0 Å². The first-order valence-electron chi connectivity index (χ1n) is 8.08. The third-order valence-electron chi connectivity index (χ3n) is 6.12. The highest BCUT2D eigenvalue weighted by Crippen LogP contribution is 2.56. The Bertz CT molecular complexity index is 289. The van der Waals surface area contributed by atoms with Crippen LogP contribution in [-0.2, 0) is 4.84 Å². The average molecular weight is 251 g/mol. The fraction of sp³-hybridized carbons (Fsp3) is 1.00. The maximum Gasteiger partial charge on any atom is 0.0575 e. The summed E-state index contributed by atoms with van der Waals surface area (Å²) in [4.78, 5) is 6.00. The lowest BCUT2D eigenvalue weighted by Crippen LogP contribution is -2.56. The molecule has 3 rings (SSSR count). The van der Waals surface area contributed by atoms with E-state index in [0.29, 0.717) is 11.1 Å². The Balaban J connectivity index is 1.90. The van der Waals surface area contributed by atoms with Crippen molar-refractivity contribution in [2.45, 2.75) is 88.6 Å². The van der Waals surface area contributed by atoms with E-state index in [2.05, 4.69) is 12.0 Å². The molecule has 2 aliphatic carbocycles. The summed E-state index contributed by atoms with van der Waals surface area (Å²) >= 11 is 0. The zero-order valence-corrected chi connectivity index (χ0v) is 12.2. The smallest absolute Gasteiger partial charge is 0.0575 e. The summed E-state index contributed by atoms with van der Waals surface area (Å²) in [6, 6.07) is 0. The second-order valence-corrected chi connectivity index (χ2v) is 7.03. The zero-order chi connectivity index (χ0) is 12.6. The minimum Gasteiger partial charge on any atom is -0.301 e. The molecule has 2 spiro atoms. The summed E-state index contributed by atoms with van der Waals surface area (Å²) in [5, 5.41) is 2.52. The van der Waals surface area contributed by atoms with Crippen molar-refractivity contribution in [2.24, 2.45) is 5.92 Å². The van der Waals surface area contributed by atoms with Crippen molar-refractivity contribution in [3.8, 4) is 0 Å². The molecule has 0 aromatic rings. The van der Waals surface area contributed by atoms with E-state index in [1.54, 1.807) is 0 Å². The normalized spacial score (nSPS) is 35.3. The molecule has 18 heavy (non-hydrogen) atoms. The molecule has 1 saturated heterocycles. The Morgan fingerprint density at radius 3 is 2.00 bits per heavy atom. The minimum atomic E-state index is 0.379. The highest BCUT2D eigenvalue weighted by molar-refractivity contribution is 5.10. The van der Waals surface area contributed by atoms with E-state index in [9.17, 15) is 0 Å². The molecular weight excluding hydrogens is 222 g/mol. The number of rotatable bonds is 1.